The fourth-order valence-corrected chi connectivity index (χ4v) is 2.27. The summed E-state index contributed by atoms with van der Waals surface area (Å²) in [7, 11) is 0. The molecule has 0 aromatic heterocycles. The SMILES string of the molecule is [2H]C1CCC(c2cccc(Br)c2C)C([2H])N1. The molecule has 1 aromatic carbocycles. The maximum atomic E-state index is 8.02. The smallest absolute Gasteiger partial charge is 0.0434 e. The van der Waals surface area contributed by atoms with E-state index in [-0.39, 0.29) is 19.0 Å². The van der Waals surface area contributed by atoms with Crippen LogP contribution in [0.1, 0.15) is 32.6 Å². The number of benzene rings is 1. The van der Waals surface area contributed by atoms with Crippen LogP contribution in [0.3, 0.4) is 0 Å². The van der Waals surface area contributed by atoms with Gasteiger partial charge in [0.1, 0.15) is 0 Å². The molecule has 1 N–H and O–H groups in total. The normalized spacial score (nSPS) is 34.9. The van der Waals surface area contributed by atoms with E-state index in [1.54, 1.807) is 0 Å². The van der Waals surface area contributed by atoms with Gasteiger partial charge in [-0.3, -0.25) is 0 Å². The van der Waals surface area contributed by atoms with Gasteiger partial charge in [0, 0.05) is 13.7 Å². The minimum absolute atomic E-state index is 0.207. The summed E-state index contributed by atoms with van der Waals surface area (Å²) < 4.78 is 16.7. The molecule has 1 heterocycles. The molecular weight excluding hydrogens is 238 g/mol. The molecule has 1 nitrogen and oxygen atoms in total. The van der Waals surface area contributed by atoms with Crippen LogP contribution in [0.2, 0.25) is 0 Å². The Balaban J connectivity index is 2.27. The summed E-state index contributed by atoms with van der Waals surface area (Å²) in [5.41, 5.74) is 2.45. The zero-order chi connectivity index (χ0) is 11.7. The standard InChI is InChI=1S/C12H16BrN/c1-9-11(5-2-6-12(9)13)10-4-3-7-14-8-10/h2,5-6,10,14H,3-4,7-8H2,1H3/i7D,8D. The number of halogens is 1. The van der Waals surface area contributed by atoms with Crippen LogP contribution in [0.15, 0.2) is 22.7 Å². The highest BCUT2D eigenvalue weighted by atomic mass is 79.9. The molecule has 0 bridgehead atoms. The summed E-state index contributed by atoms with van der Waals surface area (Å²) in [6, 6.07) is 6.14. The molecule has 14 heavy (non-hydrogen) atoms. The van der Waals surface area contributed by atoms with Gasteiger partial charge in [0.2, 0.25) is 0 Å². The van der Waals surface area contributed by atoms with E-state index in [0.29, 0.717) is 0 Å². The molecule has 0 aliphatic carbocycles. The Labute approximate surface area is 96.8 Å². The zero-order valence-corrected chi connectivity index (χ0v) is 9.84. The van der Waals surface area contributed by atoms with Crippen molar-refractivity contribution in [3.63, 3.8) is 0 Å². The quantitative estimate of drug-likeness (QED) is 0.813. The lowest BCUT2D eigenvalue weighted by Crippen LogP contribution is -2.28. The van der Waals surface area contributed by atoms with Gasteiger partial charge in [-0.2, -0.15) is 0 Å². The van der Waals surface area contributed by atoms with Crippen molar-refractivity contribution < 1.29 is 2.74 Å². The monoisotopic (exact) mass is 255 g/mol. The third kappa shape index (κ3) is 2.01. The average molecular weight is 256 g/mol. The van der Waals surface area contributed by atoms with Crippen molar-refractivity contribution in [2.45, 2.75) is 25.7 Å². The Hall–Kier alpha value is -0.340. The summed E-state index contributed by atoms with van der Waals surface area (Å²) >= 11 is 3.53. The van der Waals surface area contributed by atoms with Gasteiger partial charge in [-0.25, -0.2) is 0 Å². The highest BCUT2D eigenvalue weighted by Gasteiger charge is 2.17. The van der Waals surface area contributed by atoms with Crippen LogP contribution < -0.4 is 5.32 Å². The molecule has 1 aliphatic heterocycles. The van der Waals surface area contributed by atoms with Gasteiger partial charge in [0.25, 0.3) is 0 Å². The van der Waals surface area contributed by atoms with E-state index < -0.39 is 0 Å². The number of piperidine rings is 1. The van der Waals surface area contributed by atoms with Gasteiger partial charge in [-0.05, 0) is 49.4 Å². The van der Waals surface area contributed by atoms with E-state index in [0.717, 1.165) is 17.3 Å². The van der Waals surface area contributed by atoms with Gasteiger partial charge in [-0.15, -0.1) is 0 Å². The Kier molecular flexibility index (Phi) is 2.51. The predicted octanol–water partition coefficient (Wildman–Crippen LogP) is 3.22. The molecule has 1 fully saturated rings. The van der Waals surface area contributed by atoms with Crippen LogP contribution in [0.5, 0.6) is 0 Å². The number of rotatable bonds is 1. The molecule has 3 unspecified atom stereocenters. The molecule has 2 rings (SSSR count). The number of nitrogens with one attached hydrogen (secondary N) is 1. The summed E-state index contributed by atoms with van der Waals surface area (Å²) in [5, 5.41) is 2.99. The largest absolute Gasteiger partial charge is 0.316 e. The van der Waals surface area contributed by atoms with Crippen molar-refractivity contribution >= 4 is 15.9 Å². The molecule has 3 atom stereocenters. The van der Waals surface area contributed by atoms with Crippen molar-refractivity contribution in [3.8, 4) is 0 Å². The topological polar surface area (TPSA) is 12.0 Å². The summed E-state index contributed by atoms with van der Waals surface area (Å²) in [6.45, 7) is 1.45. The zero-order valence-electron chi connectivity index (χ0n) is 10.3. The van der Waals surface area contributed by atoms with E-state index in [4.69, 9.17) is 2.74 Å². The van der Waals surface area contributed by atoms with Crippen LogP contribution in [0.4, 0.5) is 0 Å². The third-order valence-corrected chi connectivity index (χ3v) is 3.61. The summed E-state index contributed by atoms with van der Waals surface area (Å²) in [5.74, 6) is 0.207. The molecule has 0 amide bonds. The molecule has 1 aromatic rings. The highest BCUT2D eigenvalue weighted by molar-refractivity contribution is 9.10. The van der Waals surface area contributed by atoms with Crippen molar-refractivity contribution in [3.05, 3.63) is 33.8 Å². The third-order valence-electron chi connectivity index (χ3n) is 2.75. The van der Waals surface area contributed by atoms with Gasteiger partial charge in [0.05, 0.1) is 0 Å². The molecule has 1 saturated heterocycles. The number of hydrogen-bond acceptors (Lipinski definition) is 1. The van der Waals surface area contributed by atoms with Crippen LogP contribution in [-0.4, -0.2) is 13.0 Å². The molecule has 76 valence electrons. The fourth-order valence-electron chi connectivity index (χ4n) is 1.88. The lowest BCUT2D eigenvalue weighted by molar-refractivity contribution is 0.460. The summed E-state index contributed by atoms with van der Waals surface area (Å²) in [6.07, 6.45) is 1.75. The van der Waals surface area contributed by atoms with Gasteiger partial charge in [-0.1, -0.05) is 28.1 Å². The lowest BCUT2D eigenvalue weighted by Gasteiger charge is -2.24. The van der Waals surface area contributed by atoms with Crippen LogP contribution in [-0.2, 0) is 0 Å². The second kappa shape index (κ2) is 4.45. The van der Waals surface area contributed by atoms with Crippen molar-refractivity contribution in [2.24, 2.45) is 0 Å². The van der Waals surface area contributed by atoms with Crippen LogP contribution in [0, 0.1) is 6.92 Å². The minimum atomic E-state index is -0.357. The van der Waals surface area contributed by atoms with E-state index >= 15 is 0 Å². The van der Waals surface area contributed by atoms with Crippen molar-refractivity contribution in [1.29, 1.82) is 0 Å². The van der Waals surface area contributed by atoms with Gasteiger partial charge >= 0.3 is 0 Å². The Morgan fingerprint density at radius 2 is 2.43 bits per heavy atom. The van der Waals surface area contributed by atoms with E-state index in [1.807, 2.05) is 12.1 Å². The van der Waals surface area contributed by atoms with Gasteiger partial charge < -0.3 is 5.32 Å². The first-order valence-corrected chi connectivity index (χ1v) is 5.74. The Morgan fingerprint density at radius 1 is 1.57 bits per heavy atom. The Bertz CT molecular complexity index is 383. The van der Waals surface area contributed by atoms with E-state index in [9.17, 15) is 0 Å². The Morgan fingerprint density at radius 3 is 3.21 bits per heavy atom. The molecule has 1 aliphatic rings. The lowest BCUT2D eigenvalue weighted by atomic mass is 9.89. The maximum absolute atomic E-state index is 8.02. The molecule has 0 spiro atoms. The minimum Gasteiger partial charge on any atom is -0.316 e. The second-order valence-electron chi connectivity index (χ2n) is 3.68. The first kappa shape index (κ1) is 7.89. The highest BCUT2D eigenvalue weighted by Crippen LogP contribution is 2.29. The molecular formula is C12H16BrN. The fraction of sp³-hybridized carbons (Fsp3) is 0.500. The van der Waals surface area contributed by atoms with Gasteiger partial charge in [0.15, 0.2) is 0 Å². The first-order chi connectivity index (χ1) is 7.59. The first-order valence-electron chi connectivity index (χ1n) is 6.10. The molecule has 0 radical (unpaired) electrons. The van der Waals surface area contributed by atoms with E-state index in [1.165, 1.54) is 11.1 Å². The van der Waals surface area contributed by atoms with E-state index in [2.05, 4.69) is 34.2 Å². The summed E-state index contributed by atoms with van der Waals surface area (Å²) in [4.78, 5) is 0. The van der Waals surface area contributed by atoms with Crippen LogP contribution in [0.25, 0.3) is 0 Å². The second-order valence-corrected chi connectivity index (χ2v) is 4.53. The predicted molar refractivity (Wildman–Crippen MR) is 63.7 cm³/mol. The molecule has 2 heteroatoms. The maximum Gasteiger partial charge on any atom is 0.0434 e. The van der Waals surface area contributed by atoms with Crippen molar-refractivity contribution in [1.82, 2.24) is 5.32 Å². The average Bonchev–Trinajstić information content (AvgIpc) is 2.23. The number of hydrogen-bond donors (Lipinski definition) is 1. The van der Waals surface area contributed by atoms with Crippen LogP contribution >= 0.6 is 15.9 Å². The van der Waals surface area contributed by atoms with Crippen molar-refractivity contribution in [2.75, 3.05) is 13.0 Å². The molecule has 0 saturated carbocycles.